The predicted molar refractivity (Wildman–Crippen MR) is 277 cm³/mol. The first-order chi connectivity index (χ1) is 36.8. The second-order valence-corrected chi connectivity index (χ2v) is 20.1. The Labute approximate surface area is 449 Å². The van der Waals surface area contributed by atoms with E-state index in [1.807, 2.05) is 31.2 Å². The molecule has 22 nitrogen and oxygen atoms in total. The number of benzene rings is 2. The number of hydroxylamine groups is 2. The van der Waals surface area contributed by atoms with Gasteiger partial charge in [0.1, 0.15) is 42.4 Å². The summed E-state index contributed by atoms with van der Waals surface area (Å²) in [7, 11) is 0. The van der Waals surface area contributed by atoms with Crippen LogP contribution >= 0.6 is 0 Å². The van der Waals surface area contributed by atoms with Crippen molar-refractivity contribution in [1.82, 2.24) is 46.1 Å². The quantitative estimate of drug-likeness (QED) is 0.0417. The molecule has 8 amide bonds. The van der Waals surface area contributed by atoms with E-state index in [2.05, 4.69) is 31.6 Å². The molecule has 0 bridgehead atoms. The lowest BCUT2D eigenvalue weighted by Crippen LogP contribution is -2.58. The van der Waals surface area contributed by atoms with Crippen LogP contribution in [0, 0.1) is 24.0 Å². The smallest absolute Gasteiger partial charge is 0.332 e. The topological polar surface area (TPSA) is 314 Å². The number of pyridine rings is 1. The lowest BCUT2D eigenvalue weighted by atomic mass is 9.82. The Hall–Kier alpha value is -8.12. The van der Waals surface area contributed by atoms with Gasteiger partial charge >= 0.3 is 5.97 Å². The first kappa shape index (κ1) is 60.7. The number of hydrogen-bond acceptors (Lipinski definition) is 13. The van der Waals surface area contributed by atoms with Gasteiger partial charge in [0.2, 0.25) is 41.4 Å². The summed E-state index contributed by atoms with van der Waals surface area (Å²) in [6, 6.07) is 8.67. The molecule has 1 aliphatic rings. The number of nitrogens with one attached hydrogen (secondary N) is 5. The minimum absolute atomic E-state index is 0.0280. The van der Waals surface area contributed by atoms with E-state index in [4.69, 9.17) is 10.6 Å². The van der Waals surface area contributed by atoms with Gasteiger partial charge in [0.05, 0.1) is 18.9 Å². The molecule has 24 heteroatoms. The van der Waals surface area contributed by atoms with Crippen LogP contribution in [0.4, 0.5) is 8.78 Å². The van der Waals surface area contributed by atoms with E-state index in [9.17, 15) is 57.8 Å². The normalized spacial score (nSPS) is 15.2. The molecule has 9 N–H and O–H groups in total. The lowest BCUT2D eigenvalue weighted by molar-refractivity contribution is -0.220. The van der Waals surface area contributed by atoms with Crippen LogP contribution in [0.25, 0.3) is 11.1 Å². The third-order valence-corrected chi connectivity index (χ3v) is 12.7. The summed E-state index contributed by atoms with van der Waals surface area (Å²) in [6.07, 6.45) is 1.71. The number of carbonyl (C=O) groups is 9. The molecular weight excluding hydrogens is 1020 g/mol. The van der Waals surface area contributed by atoms with Crippen LogP contribution in [0.2, 0.25) is 0 Å². The Morgan fingerprint density at radius 1 is 0.859 bits per heavy atom. The number of halogens is 2. The number of hydrogen-bond donors (Lipinski definition) is 8. The van der Waals surface area contributed by atoms with Crippen LogP contribution in [0.5, 0.6) is 0 Å². The van der Waals surface area contributed by atoms with Gasteiger partial charge < -0.3 is 56.8 Å². The van der Waals surface area contributed by atoms with Gasteiger partial charge in [0.15, 0.2) is 6.23 Å². The number of amides is 8. The standard InChI is InChI=1S/C54H68F2N10O12/c1-31-9-11-35(12-10-31)28-64-29-36(38-26-37(55)13-14-39(38)56)25-42(64)49(54(4,5)6)65(47(72)30-67)23-19-40(52(76)59-20-7-8-48(73)78-66-45(70)15-16-46(66)71)62-53(77)41(27-43(57)68)63-51(75)33(3)61-50(74)32(2)60-44(69)24-34-17-21-58-22-18-34/h9-14,17-18,21-22,25-26,29,32-33,40-41,45,49,67,70H,7-8,15-16,19-20,23-24,27-28,30H2,1-6H3,(H2,57,68)(H,59,76)(H,60,69)(H,61,74)(H,62,77)(H,63,75)/t32-,33-,40-,41-,45?,49-/m0/s1. The van der Waals surface area contributed by atoms with Gasteiger partial charge in [0, 0.05) is 74.3 Å². The summed E-state index contributed by atoms with van der Waals surface area (Å²) in [5.74, 6) is -8.96. The monoisotopic (exact) mass is 1090 g/mol. The Kier molecular flexibility index (Phi) is 21.6. The van der Waals surface area contributed by atoms with Crippen LogP contribution in [-0.2, 0) is 61.0 Å². The second-order valence-electron chi connectivity index (χ2n) is 20.1. The van der Waals surface area contributed by atoms with Crippen LogP contribution in [0.15, 0.2) is 79.3 Å². The Bertz CT molecular complexity index is 2810. The van der Waals surface area contributed by atoms with Crippen molar-refractivity contribution in [3.05, 3.63) is 113 Å². The molecule has 1 saturated heterocycles. The number of aliphatic hydroxyl groups excluding tert-OH is 2. The van der Waals surface area contributed by atoms with Crippen LogP contribution in [-0.4, -0.2) is 133 Å². The first-order valence-corrected chi connectivity index (χ1v) is 25.3. The van der Waals surface area contributed by atoms with Crippen LogP contribution in [0.1, 0.15) is 102 Å². The first-order valence-electron chi connectivity index (χ1n) is 25.3. The fraction of sp³-hybridized carbons (Fsp3) is 0.444. The third-order valence-electron chi connectivity index (χ3n) is 12.7. The van der Waals surface area contributed by atoms with E-state index in [0.29, 0.717) is 16.3 Å². The summed E-state index contributed by atoms with van der Waals surface area (Å²) < 4.78 is 31.9. The number of primary amides is 1. The van der Waals surface area contributed by atoms with Crippen molar-refractivity contribution in [3.8, 4) is 11.1 Å². The van der Waals surface area contributed by atoms with Crippen molar-refractivity contribution in [2.75, 3.05) is 19.7 Å². The van der Waals surface area contributed by atoms with Crippen molar-refractivity contribution in [2.24, 2.45) is 11.1 Å². The second kappa shape index (κ2) is 27.8. The average molecular weight is 1090 g/mol. The van der Waals surface area contributed by atoms with Gasteiger partial charge in [-0.2, -0.15) is 0 Å². The van der Waals surface area contributed by atoms with E-state index in [0.717, 1.165) is 29.3 Å². The molecule has 1 aliphatic heterocycles. The van der Waals surface area contributed by atoms with Crippen molar-refractivity contribution in [1.29, 1.82) is 0 Å². The summed E-state index contributed by atoms with van der Waals surface area (Å²) in [5.41, 5.74) is 7.69. The average Bonchev–Trinajstić information content (AvgIpc) is 4.00. The minimum Gasteiger partial charge on any atom is -0.387 e. The van der Waals surface area contributed by atoms with Gasteiger partial charge in [-0.1, -0.05) is 50.6 Å². The summed E-state index contributed by atoms with van der Waals surface area (Å²) >= 11 is 0. The van der Waals surface area contributed by atoms with E-state index in [1.54, 1.807) is 49.7 Å². The fourth-order valence-electron chi connectivity index (χ4n) is 8.66. The molecule has 6 atom stereocenters. The number of aromatic nitrogens is 2. The highest BCUT2D eigenvalue weighted by molar-refractivity contribution is 5.97. The Morgan fingerprint density at radius 2 is 1.51 bits per heavy atom. The van der Waals surface area contributed by atoms with Crippen molar-refractivity contribution in [3.63, 3.8) is 0 Å². The number of aliphatic hydroxyl groups is 2. The highest BCUT2D eigenvalue weighted by Gasteiger charge is 2.39. The van der Waals surface area contributed by atoms with Gasteiger partial charge in [0.25, 0.3) is 5.91 Å². The summed E-state index contributed by atoms with van der Waals surface area (Å²) in [4.78, 5) is 129. The third kappa shape index (κ3) is 17.5. The number of nitrogens with zero attached hydrogens (tertiary/aromatic N) is 4. The minimum atomic E-state index is -1.75. The summed E-state index contributed by atoms with van der Waals surface area (Å²) in [6.45, 7) is 8.59. The highest BCUT2D eigenvalue weighted by Crippen LogP contribution is 2.41. The number of aryl methyl sites for hydroxylation is 1. The molecule has 2 aromatic heterocycles. The number of carbonyl (C=O) groups excluding carboxylic acids is 9. The van der Waals surface area contributed by atoms with E-state index < -0.39 is 126 Å². The fourth-order valence-corrected chi connectivity index (χ4v) is 8.66. The zero-order valence-electron chi connectivity index (χ0n) is 44.3. The molecule has 0 radical (unpaired) electrons. The molecule has 0 aliphatic carbocycles. The van der Waals surface area contributed by atoms with Crippen molar-refractivity contribution in [2.45, 2.75) is 129 Å². The van der Waals surface area contributed by atoms with E-state index in [-0.39, 0.29) is 62.9 Å². The van der Waals surface area contributed by atoms with Crippen molar-refractivity contribution < 1.29 is 67.0 Å². The predicted octanol–water partition coefficient (Wildman–Crippen LogP) is 1.88. The zero-order valence-corrected chi connectivity index (χ0v) is 44.3. The Morgan fingerprint density at radius 3 is 2.14 bits per heavy atom. The maximum absolute atomic E-state index is 15.4. The van der Waals surface area contributed by atoms with Gasteiger partial charge in [-0.15, -0.1) is 5.06 Å². The molecule has 78 heavy (non-hydrogen) atoms. The van der Waals surface area contributed by atoms with Crippen molar-refractivity contribution >= 4 is 53.2 Å². The molecule has 1 fully saturated rings. The van der Waals surface area contributed by atoms with Crippen LogP contribution in [0.3, 0.4) is 0 Å². The molecular formula is C54H68F2N10O12. The largest absolute Gasteiger partial charge is 0.387 e. The van der Waals surface area contributed by atoms with E-state index >= 15 is 4.39 Å². The molecule has 5 rings (SSSR count). The molecule has 2 aromatic carbocycles. The maximum Gasteiger partial charge on any atom is 0.332 e. The SMILES string of the molecule is Cc1ccc(Cn2cc(-c3cc(F)ccc3F)cc2[C@H](N(CC[C@H](NC(=O)[C@H](CC(N)=O)NC(=O)[C@H](C)NC(=O)[C@H](C)NC(=O)Cc2ccncc2)C(=O)NCCCC(=O)ON2C(=O)CCC2O)C(=O)CO)C(C)(C)C)cc1. The molecule has 1 unspecified atom stereocenters. The Balaban J connectivity index is 1.41. The molecule has 0 saturated carbocycles. The number of rotatable bonds is 26. The molecule has 0 spiro atoms. The van der Waals surface area contributed by atoms with E-state index in [1.165, 1.54) is 31.1 Å². The summed E-state index contributed by atoms with van der Waals surface area (Å²) in [5, 5.41) is 33.5. The molecule has 4 aromatic rings. The number of nitrogens with two attached hydrogens (primary N) is 1. The molecule has 3 heterocycles. The highest BCUT2D eigenvalue weighted by atomic mass is 19.1. The lowest BCUT2D eigenvalue weighted by Gasteiger charge is -2.41. The maximum atomic E-state index is 15.4. The van der Waals surface area contributed by atoms with Gasteiger partial charge in [-0.05, 0) is 86.6 Å². The van der Waals surface area contributed by atoms with Crippen LogP contribution < -0.4 is 32.3 Å². The van der Waals surface area contributed by atoms with Gasteiger partial charge in [-0.3, -0.25) is 43.3 Å². The zero-order chi connectivity index (χ0) is 57.4. The van der Waals surface area contributed by atoms with Gasteiger partial charge in [-0.25, -0.2) is 13.6 Å². The molecule has 420 valence electrons.